The Morgan fingerprint density at radius 1 is 0.920 bits per heavy atom. The van der Waals surface area contributed by atoms with Crippen molar-refractivity contribution in [3.63, 3.8) is 0 Å². The van der Waals surface area contributed by atoms with Gasteiger partial charge in [-0.15, -0.1) is 0 Å². The number of benzene rings is 2. The molecule has 2 unspecified atom stereocenters. The summed E-state index contributed by atoms with van der Waals surface area (Å²) in [6.07, 6.45) is 2.45. The Hall–Kier alpha value is -1.42. The lowest BCUT2D eigenvalue weighted by Gasteiger charge is -2.43. The van der Waals surface area contributed by atoms with E-state index in [1.165, 1.54) is 23.2 Å². The van der Waals surface area contributed by atoms with Crippen molar-refractivity contribution in [2.75, 3.05) is 6.61 Å². The highest BCUT2D eigenvalue weighted by atomic mass is 28.4. The van der Waals surface area contributed by atoms with E-state index >= 15 is 0 Å². The van der Waals surface area contributed by atoms with E-state index in [0.29, 0.717) is 12.1 Å². The van der Waals surface area contributed by atoms with Gasteiger partial charge in [0.2, 0.25) is 0 Å². The third-order valence-corrected chi connectivity index (χ3v) is 10.4. The highest BCUT2D eigenvalue weighted by Crippen LogP contribution is 2.37. The predicted molar refractivity (Wildman–Crippen MR) is 109 cm³/mol. The molecule has 0 amide bonds. The molecule has 2 atom stereocenters. The van der Waals surface area contributed by atoms with Crippen LogP contribution in [-0.4, -0.2) is 27.0 Å². The summed E-state index contributed by atoms with van der Waals surface area (Å²) >= 11 is 0. The molecule has 1 aliphatic heterocycles. The van der Waals surface area contributed by atoms with Crippen molar-refractivity contribution in [1.29, 1.82) is 0 Å². The molecule has 0 saturated carbocycles. The van der Waals surface area contributed by atoms with Gasteiger partial charge < -0.3 is 9.74 Å². The lowest BCUT2D eigenvalue weighted by Crippen LogP contribution is -2.67. The average Bonchev–Trinajstić information content (AvgIpc) is 3.02. The van der Waals surface area contributed by atoms with Crippen LogP contribution in [0.5, 0.6) is 0 Å². The zero-order valence-corrected chi connectivity index (χ0v) is 17.0. The normalized spacial score (nSPS) is 21.4. The SMILES string of the molecule is CC1CCC(CO[Si](c2ccccc2)(c2ccccc2)C(C)(C)C)N1. The van der Waals surface area contributed by atoms with Gasteiger partial charge in [0.15, 0.2) is 0 Å². The first-order chi connectivity index (χ1) is 11.9. The molecule has 0 bridgehead atoms. The third-order valence-electron chi connectivity index (χ3n) is 5.39. The molecule has 25 heavy (non-hydrogen) atoms. The van der Waals surface area contributed by atoms with Crippen LogP contribution in [0.3, 0.4) is 0 Å². The van der Waals surface area contributed by atoms with E-state index in [-0.39, 0.29) is 5.04 Å². The maximum Gasteiger partial charge on any atom is 0.261 e. The van der Waals surface area contributed by atoms with Crippen molar-refractivity contribution in [2.24, 2.45) is 0 Å². The standard InChI is InChI=1S/C22H31NOSi/c1-18-15-16-19(23-18)17-24-25(22(2,3)4,20-11-7-5-8-12-20)21-13-9-6-10-14-21/h5-14,18-19,23H,15-17H2,1-4H3. The second-order valence-corrected chi connectivity index (χ2v) is 12.6. The van der Waals surface area contributed by atoms with Crippen LogP contribution in [0.2, 0.25) is 5.04 Å². The Kier molecular flexibility index (Phi) is 5.47. The Bertz CT molecular complexity index is 626. The molecule has 2 nitrogen and oxygen atoms in total. The van der Waals surface area contributed by atoms with Crippen LogP contribution >= 0.6 is 0 Å². The summed E-state index contributed by atoms with van der Waals surface area (Å²) in [5.74, 6) is 0. The third kappa shape index (κ3) is 3.74. The molecule has 0 radical (unpaired) electrons. The fourth-order valence-corrected chi connectivity index (χ4v) is 8.75. The summed E-state index contributed by atoms with van der Waals surface area (Å²) in [6.45, 7) is 10.1. The topological polar surface area (TPSA) is 21.3 Å². The molecule has 0 aromatic heterocycles. The number of hydrogen-bond donors (Lipinski definition) is 1. The van der Waals surface area contributed by atoms with Crippen molar-refractivity contribution in [3.8, 4) is 0 Å². The molecule has 1 N–H and O–H groups in total. The molecule has 2 aromatic rings. The summed E-state index contributed by atoms with van der Waals surface area (Å²) in [5.41, 5.74) is 0. The van der Waals surface area contributed by atoms with Gasteiger partial charge in [-0.05, 0) is 35.2 Å². The molecule has 0 spiro atoms. The summed E-state index contributed by atoms with van der Waals surface area (Å²) in [7, 11) is -2.38. The minimum atomic E-state index is -2.38. The maximum absolute atomic E-state index is 6.97. The van der Waals surface area contributed by atoms with Crippen LogP contribution in [0.4, 0.5) is 0 Å². The first-order valence-corrected chi connectivity index (χ1v) is 11.4. The second kappa shape index (κ2) is 7.44. The summed E-state index contributed by atoms with van der Waals surface area (Å²) in [5, 5.41) is 6.46. The molecule has 3 rings (SSSR count). The van der Waals surface area contributed by atoms with E-state index in [1.54, 1.807) is 0 Å². The summed E-state index contributed by atoms with van der Waals surface area (Å²) in [6, 6.07) is 22.9. The Morgan fingerprint density at radius 2 is 1.44 bits per heavy atom. The molecule has 134 valence electrons. The predicted octanol–water partition coefficient (Wildman–Crippen LogP) is 3.70. The number of hydrogen-bond acceptors (Lipinski definition) is 2. The molecular weight excluding hydrogens is 322 g/mol. The monoisotopic (exact) mass is 353 g/mol. The molecule has 1 heterocycles. The van der Waals surface area contributed by atoms with Crippen LogP contribution in [0, 0.1) is 0 Å². The zero-order valence-electron chi connectivity index (χ0n) is 16.0. The van der Waals surface area contributed by atoms with Gasteiger partial charge in [-0.2, -0.15) is 0 Å². The van der Waals surface area contributed by atoms with Crippen LogP contribution in [0.15, 0.2) is 60.7 Å². The minimum absolute atomic E-state index is 0.0555. The van der Waals surface area contributed by atoms with Crippen LogP contribution in [-0.2, 0) is 4.43 Å². The smallest absolute Gasteiger partial charge is 0.261 e. The fraction of sp³-hybridized carbons (Fsp3) is 0.455. The Labute approximate surface area is 153 Å². The van der Waals surface area contributed by atoms with Crippen molar-refractivity contribution in [3.05, 3.63) is 60.7 Å². The summed E-state index contributed by atoms with van der Waals surface area (Å²) in [4.78, 5) is 0. The lowest BCUT2D eigenvalue weighted by molar-refractivity contribution is 0.258. The van der Waals surface area contributed by atoms with Gasteiger partial charge in [-0.25, -0.2) is 0 Å². The maximum atomic E-state index is 6.97. The van der Waals surface area contributed by atoms with E-state index in [2.05, 4.69) is 93.7 Å². The zero-order chi connectivity index (χ0) is 17.9. The van der Waals surface area contributed by atoms with E-state index < -0.39 is 8.32 Å². The Balaban J connectivity index is 2.02. The van der Waals surface area contributed by atoms with Gasteiger partial charge in [-0.3, -0.25) is 0 Å². The number of rotatable bonds is 5. The molecule has 1 aliphatic rings. The first kappa shape index (κ1) is 18.4. The Morgan fingerprint density at radius 3 is 1.84 bits per heavy atom. The van der Waals surface area contributed by atoms with Crippen LogP contribution in [0.25, 0.3) is 0 Å². The van der Waals surface area contributed by atoms with Crippen molar-refractivity contribution in [1.82, 2.24) is 5.32 Å². The van der Waals surface area contributed by atoms with E-state index in [9.17, 15) is 0 Å². The number of nitrogens with one attached hydrogen (secondary N) is 1. The van der Waals surface area contributed by atoms with Gasteiger partial charge in [0, 0.05) is 12.1 Å². The highest BCUT2D eigenvalue weighted by Gasteiger charge is 2.50. The van der Waals surface area contributed by atoms with Crippen LogP contribution < -0.4 is 15.7 Å². The second-order valence-electron chi connectivity index (χ2n) is 8.32. The fourth-order valence-electron chi connectivity index (χ4n) is 4.14. The van der Waals surface area contributed by atoms with Crippen molar-refractivity contribution < 1.29 is 4.43 Å². The van der Waals surface area contributed by atoms with Gasteiger partial charge in [0.05, 0.1) is 6.61 Å². The molecule has 3 heteroatoms. The molecule has 2 aromatic carbocycles. The van der Waals surface area contributed by atoms with Gasteiger partial charge in [-0.1, -0.05) is 81.4 Å². The highest BCUT2D eigenvalue weighted by molar-refractivity contribution is 6.99. The molecule has 0 aliphatic carbocycles. The van der Waals surface area contributed by atoms with Gasteiger partial charge >= 0.3 is 0 Å². The van der Waals surface area contributed by atoms with Crippen LogP contribution in [0.1, 0.15) is 40.5 Å². The molecular formula is C22H31NOSi. The molecule has 1 fully saturated rings. The summed E-state index contributed by atoms with van der Waals surface area (Å²) < 4.78 is 6.97. The average molecular weight is 354 g/mol. The van der Waals surface area contributed by atoms with E-state index in [4.69, 9.17) is 4.43 Å². The van der Waals surface area contributed by atoms with Crippen molar-refractivity contribution in [2.45, 2.75) is 57.7 Å². The van der Waals surface area contributed by atoms with E-state index in [1.807, 2.05) is 0 Å². The first-order valence-electron chi connectivity index (χ1n) is 9.44. The molecule has 1 saturated heterocycles. The lowest BCUT2D eigenvalue weighted by atomic mass is 10.2. The van der Waals surface area contributed by atoms with Gasteiger partial charge in [0.1, 0.15) is 0 Å². The largest absolute Gasteiger partial charge is 0.406 e. The van der Waals surface area contributed by atoms with Gasteiger partial charge in [0.25, 0.3) is 8.32 Å². The van der Waals surface area contributed by atoms with Crippen molar-refractivity contribution >= 4 is 18.7 Å². The quantitative estimate of drug-likeness (QED) is 0.828. The minimum Gasteiger partial charge on any atom is -0.406 e. The van der Waals surface area contributed by atoms with E-state index in [0.717, 1.165) is 6.61 Å².